The van der Waals surface area contributed by atoms with Gasteiger partial charge in [0.1, 0.15) is 6.04 Å². The third-order valence-corrected chi connectivity index (χ3v) is 2.60. The van der Waals surface area contributed by atoms with Crippen molar-refractivity contribution in [2.75, 3.05) is 6.54 Å². The number of hydrogen-bond donors (Lipinski definition) is 4. The van der Waals surface area contributed by atoms with Crippen molar-refractivity contribution in [1.29, 1.82) is 0 Å². The summed E-state index contributed by atoms with van der Waals surface area (Å²) in [6.07, 6.45) is -0.610. The summed E-state index contributed by atoms with van der Waals surface area (Å²) in [5, 5.41) is 22.2. The fraction of sp³-hybridized carbons (Fsp3) is 0.692. The van der Waals surface area contributed by atoms with Gasteiger partial charge in [-0.15, -0.1) is 0 Å². The Bertz CT molecular complexity index is 413. The second-order valence-electron chi connectivity index (χ2n) is 5.65. The maximum absolute atomic E-state index is 11.6. The molecule has 0 aliphatic rings. The van der Waals surface area contributed by atoms with Gasteiger partial charge in [0.15, 0.2) is 0 Å². The highest BCUT2D eigenvalue weighted by atomic mass is 16.4. The second-order valence-corrected chi connectivity index (χ2v) is 5.65. The maximum atomic E-state index is 11.6. The van der Waals surface area contributed by atoms with E-state index in [1.807, 2.05) is 0 Å². The van der Waals surface area contributed by atoms with Gasteiger partial charge in [0.2, 0.25) is 11.8 Å². The molecule has 21 heavy (non-hydrogen) atoms. The van der Waals surface area contributed by atoms with Crippen LogP contribution >= 0.6 is 0 Å². The smallest absolute Gasteiger partial charge is 0.326 e. The highest BCUT2D eigenvalue weighted by molar-refractivity contribution is 5.85. The van der Waals surface area contributed by atoms with Crippen LogP contribution in [0.15, 0.2) is 0 Å². The summed E-state index contributed by atoms with van der Waals surface area (Å²) < 4.78 is 0. The Morgan fingerprint density at radius 1 is 1.05 bits per heavy atom. The summed E-state index contributed by atoms with van der Waals surface area (Å²) in [6, 6.07) is -1.24. The monoisotopic (exact) mass is 302 g/mol. The lowest BCUT2D eigenvalue weighted by Crippen LogP contribution is -2.43. The first-order valence-electron chi connectivity index (χ1n) is 6.56. The zero-order valence-electron chi connectivity index (χ0n) is 12.4. The predicted octanol–water partition coefficient (Wildman–Crippen LogP) is -0.0270. The number of hydrogen-bond acceptors (Lipinski definition) is 4. The van der Waals surface area contributed by atoms with Crippen LogP contribution in [-0.4, -0.2) is 46.6 Å². The molecule has 0 saturated carbocycles. The van der Waals surface area contributed by atoms with Gasteiger partial charge in [0.25, 0.3) is 0 Å². The van der Waals surface area contributed by atoms with E-state index < -0.39 is 29.3 Å². The van der Waals surface area contributed by atoms with E-state index in [2.05, 4.69) is 10.6 Å². The van der Waals surface area contributed by atoms with Crippen molar-refractivity contribution < 1.29 is 29.4 Å². The second kappa shape index (κ2) is 8.23. The molecule has 0 bridgehead atoms. The number of amides is 2. The van der Waals surface area contributed by atoms with Crippen LogP contribution in [0.25, 0.3) is 0 Å². The molecule has 2 amide bonds. The largest absolute Gasteiger partial charge is 0.481 e. The van der Waals surface area contributed by atoms with Crippen LogP contribution in [0.4, 0.5) is 0 Å². The molecule has 0 aliphatic carbocycles. The van der Waals surface area contributed by atoms with Crippen molar-refractivity contribution in [2.24, 2.45) is 5.41 Å². The van der Waals surface area contributed by atoms with Gasteiger partial charge in [-0.1, -0.05) is 20.8 Å². The Kier molecular flexibility index (Phi) is 7.40. The van der Waals surface area contributed by atoms with Crippen molar-refractivity contribution in [3.63, 3.8) is 0 Å². The number of rotatable bonds is 8. The van der Waals surface area contributed by atoms with Crippen LogP contribution < -0.4 is 10.6 Å². The Morgan fingerprint density at radius 2 is 1.62 bits per heavy atom. The lowest BCUT2D eigenvalue weighted by molar-refractivity contribution is -0.143. The summed E-state index contributed by atoms with van der Waals surface area (Å²) in [5.74, 6) is -3.19. The summed E-state index contributed by atoms with van der Waals surface area (Å²) in [6.45, 7) is 5.28. The third-order valence-electron chi connectivity index (χ3n) is 2.60. The third kappa shape index (κ3) is 8.61. The lowest BCUT2D eigenvalue weighted by Gasteiger charge is -2.18. The molecule has 8 nitrogen and oxygen atoms in total. The molecule has 0 rings (SSSR count). The topological polar surface area (TPSA) is 133 Å². The lowest BCUT2D eigenvalue weighted by atomic mass is 9.96. The Balaban J connectivity index is 4.18. The van der Waals surface area contributed by atoms with Crippen LogP contribution in [0.5, 0.6) is 0 Å². The first-order chi connectivity index (χ1) is 9.54. The minimum absolute atomic E-state index is 0.0708. The molecule has 0 aromatic carbocycles. The van der Waals surface area contributed by atoms with Crippen molar-refractivity contribution in [3.05, 3.63) is 0 Å². The standard InChI is InChI=1S/C13H22N2O6/c1-13(2,3)12(21)14-7-6-9(16)15-8(11(19)20)4-5-10(17)18/h8H,4-7H2,1-3H3,(H,14,21)(H,15,16)(H,17,18)(H,19,20). The van der Waals surface area contributed by atoms with Crippen LogP contribution in [0.3, 0.4) is 0 Å². The van der Waals surface area contributed by atoms with E-state index in [0.717, 1.165) is 0 Å². The van der Waals surface area contributed by atoms with Crippen molar-refractivity contribution in [1.82, 2.24) is 10.6 Å². The van der Waals surface area contributed by atoms with E-state index in [0.29, 0.717) is 0 Å². The van der Waals surface area contributed by atoms with Gasteiger partial charge in [-0.2, -0.15) is 0 Å². The highest BCUT2D eigenvalue weighted by Gasteiger charge is 2.22. The molecule has 1 unspecified atom stereocenters. The number of nitrogens with one attached hydrogen (secondary N) is 2. The average Bonchev–Trinajstić information content (AvgIpc) is 2.32. The zero-order valence-corrected chi connectivity index (χ0v) is 12.4. The molecule has 0 heterocycles. The molecule has 0 radical (unpaired) electrons. The number of carboxylic acids is 2. The number of carboxylic acid groups (broad SMARTS) is 2. The molecule has 4 N–H and O–H groups in total. The first kappa shape index (κ1) is 18.9. The fourth-order valence-electron chi connectivity index (χ4n) is 1.35. The first-order valence-corrected chi connectivity index (χ1v) is 6.56. The van der Waals surface area contributed by atoms with Gasteiger partial charge < -0.3 is 20.8 Å². The van der Waals surface area contributed by atoms with Crippen LogP contribution in [0.2, 0.25) is 0 Å². The Hall–Kier alpha value is -2.12. The van der Waals surface area contributed by atoms with Crippen LogP contribution in [-0.2, 0) is 19.2 Å². The maximum Gasteiger partial charge on any atom is 0.326 e. The van der Waals surface area contributed by atoms with E-state index in [4.69, 9.17) is 10.2 Å². The van der Waals surface area contributed by atoms with E-state index in [-0.39, 0.29) is 31.7 Å². The SMILES string of the molecule is CC(C)(C)C(=O)NCCC(=O)NC(CCC(=O)O)C(=O)O. The van der Waals surface area contributed by atoms with E-state index in [1.54, 1.807) is 20.8 Å². The fourth-order valence-corrected chi connectivity index (χ4v) is 1.35. The molecule has 0 fully saturated rings. The van der Waals surface area contributed by atoms with E-state index in [9.17, 15) is 19.2 Å². The molecular formula is C13H22N2O6. The van der Waals surface area contributed by atoms with Gasteiger partial charge in [-0.25, -0.2) is 4.79 Å². The molecule has 0 saturated heterocycles. The average molecular weight is 302 g/mol. The molecular weight excluding hydrogens is 280 g/mol. The number of carbonyl (C=O) groups is 4. The zero-order chi connectivity index (χ0) is 16.6. The summed E-state index contributed by atoms with van der Waals surface area (Å²) in [7, 11) is 0. The van der Waals surface area contributed by atoms with Gasteiger partial charge >= 0.3 is 11.9 Å². The highest BCUT2D eigenvalue weighted by Crippen LogP contribution is 2.12. The Morgan fingerprint density at radius 3 is 2.05 bits per heavy atom. The molecule has 0 aromatic heterocycles. The summed E-state index contributed by atoms with van der Waals surface area (Å²) >= 11 is 0. The minimum atomic E-state index is -1.29. The molecule has 120 valence electrons. The van der Waals surface area contributed by atoms with Crippen LogP contribution in [0.1, 0.15) is 40.0 Å². The summed E-state index contributed by atoms with van der Waals surface area (Å²) in [4.78, 5) is 44.4. The predicted molar refractivity (Wildman–Crippen MR) is 73.5 cm³/mol. The molecule has 8 heteroatoms. The number of aliphatic carboxylic acids is 2. The van der Waals surface area contributed by atoms with Crippen molar-refractivity contribution in [2.45, 2.75) is 46.1 Å². The quantitative estimate of drug-likeness (QED) is 0.498. The molecule has 0 aliphatic heterocycles. The van der Waals surface area contributed by atoms with E-state index >= 15 is 0 Å². The van der Waals surface area contributed by atoms with E-state index in [1.165, 1.54) is 0 Å². The van der Waals surface area contributed by atoms with Crippen LogP contribution in [0, 0.1) is 5.41 Å². The van der Waals surface area contributed by atoms with Gasteiger partial charge in [0.05, 0.1) is 0 Å². The molecule has 0 aromatic rings. The molecule has 1 atom stereocenters. The Labute approximate surface area is 122 Å². The van der Waals surface area contributed by atoms with Gasteiger partial charge in [0, 0.05) is 24.8 Å². The van der Waals surface area contributed by atoms with Crippen molar-refractivity contribution in [3.8, 4) is 0 Å². The van der Waals surface area contributed by atoms with Gasteiger partial charge in [-0.3, -0.25) is 14.4 Å². The minimum Gasteiger partial charge on any atom is -0.481 e. The number of carbonyl (C=O) groups excluding carboxylic acids is 2. The normalized spacial score (nSPS) is 12.3. The summed E-state index contributed by atoms with van der Waals surface area (Å²) in [5.41, 5.74) is -0.568. The van der Waals surface area contributed by atoms with Gasteiger partial charge in [-0.05, 0) is 6.42 Å². The van der Waals surface area contributed by atoms with Crippen molar-refractivity contribution >= 4 is 23.8 Å². The molecule has 0 spiro atoms.